The van der Waals surface area contributed by atoms with E-state index in [1.54, 1.807) is 6.07 Å². The zero-order valence-electron chi connectivity index (χ0n) is 11.6. The second-order valence-electron chi connectivity index (χ2n) is 5.11. The summed E-state index contributed by atoms with van der Waals surface area (Å²) >= 11 is 0. The van der Waals surface area contributed by atoms with Crippen molar-refractivity contribution < 1.29 is 9.13 Å². The minimum Gasteiger partial charge on any atom is -0.376 e. The van der Waals surface area contributed by atoms with Crippen molar-refractivity contribution in [1.29, 1.82) is 0 Å². The smallest absolute Gasteiger partial charge is 0.128 e. The molecule has 0 aliphatic carbocycles. The average molecular weight is 271 g/mol. The van der Waals surface area contributed by atoms with Crippen molar-refractivity contribution in [2.24, 2.45) is 0 Å². The number of hydrogen-bond acceptors (Lipinski definition) is 2. The van der Waals surface area contributed by atoms with Crippen molar-refractivity contribution in [1.82, 2.24) is 0 Å². The standard InChI is InChI=1S/C17H18FNO/c1-13-12-15-16(18)8-5-9-17(15)19(10-11-20-13)14-6-3-2-4-7-14/h2-9,13H,10-12H2,1H3. The predicted molar refractivity (Wildman–Crippen MR) is 79.0 cm³/mol. The number of nitrogens with zero attached hydrogens (tertiary/aromatic N) is 1. The molecule has 104 valence electrons. The number of rotatable bonds is 1. The maximum absolute atomic E-state index is 14.2. The number of para-hydroxylation sites is 1. The van der Waals surface area contributed by atoms with Crippen molar-refractivity contribution in [3.63, 3.8) is 0 Å². The Morgan fingerprint density at radius 2 is 1.90 bits per heavy atom. The monoisotopic (exact) mass is 271 g/mol. The molecule has 0 fully saturated rings. The van der Waals surface area contributed by atoms with Gasteiger partial charge in [-0.25, -0.2) is 4.39 Å². The lowest BCUT2D eigenvalue weighted by atomic mass is 10.0. The third-order valence-corrected chi connectivity index (χ3v) is 3.66. The molecule has 1 aliphatic heterocycles. The number of anilines is 2. The van der Waals surface area contributed by atoms with Gasteiger partial charge in [0.05, 0.1) is 12.7 Å². The quantitative estimate of drug-likeness (QED) is 0.779. The fraction of sp³-hybridized carbons (Fsp3) is 0.294. The average Bonchev–Trinajstić information content (AvgIpc) is 2.45. The molecule has 20 heavy (non-hydrogen) atoms. The summed E-state index contributed by atoms with van der Waals surface area (Å²) in [4.78, 5) is 2.13. The Hall–Kier alpha value is -1.87. The van der Waals surface area contributed by atoms with Gasteiger partial charge in [0.2, 0.25) is 0 Å². The van der Waals surface area contributed by atoms with Gasteiger partial charge in [0.25, 0.3) is 0 Å². The van der Waals surface area contributed by atoms with Crippen molar-refractivity contribution in [2.75, 3.05) is 18.1 Å². The van der Waals surface area contributed by atoms with Gasteiger partial charge in [0.1, 0.15) is 5.82 Å². The van der Waals surface area contributed by atoms with Crippen molar-refractivity contribution in [3.8, 4) is 0 Å². The fourth-order valence-electron chi connectivity index (χ4n) is 2.69. The lowest BCUT2D eigenvalue weighted by molar-refractivity contribution is 0.0696. The van der Waals surface area contributed by atoms with Gasteiger partial charge in [-0.2, -0.15) is 0 Å². The summed E-state index contributed by atoms with van der Waals surface area (Å²) in [6.07, 6.45) is 0.647. The van der Waals surface area contributed by atoms with E-state index in [0.29, 0.717) is 13.0 Å². The summed E-state index contributed by atoms with van der Waals surface area (Å²) < 4.78 is 19.9. The highest BCUT2D eigenvalue weighted by atomic mass is 19.1. The first kappa shape index (κ1) is 13.1. The van der Waals surface area contributed by atoms with Crippen LogP contribution in [0.4, 0.5) is 15.8 Å². The van der Waals surface area contributed by atoms with Crippen LogP contribution in [0.5, 0.6) is 0 Å². The maximum atomic E-state index is 14.2. The minimum absolute atomic E-state index is 0.0450. The van der Waals surface area contributed by atoms with Gasteiger partial charge in [0.15, 0.2) is 0 Å². The third kappa shape index (κ3) is 2.54. The second-order valence-corrected chi connectivity index (χ2v) is 5.11. The molecule has 2 aromatic carbocycles. The molecule has 2 nitrogen and oxygen atoms in total. The molecule has 3 rings (SSSR count). The highest BCUT2D eigenvalue weighted by Gasteiger charge is 2.21. The van der Waals surface area contributed by atoms with Gasteiger partial charge >= 0.3 is 0 Å². The zero-order valence-corrected chi connectivity index (χ0v) is 11.6. The molecule has 0 saturated carbocycles. The molecule has 0 bridgehead atoms. The third-order valence-electron chi connectivity index (χ3n) is 3.66. The van der Waals surface area contributed by atoms with Crippen LogP contribution in [-0.2, 0) is 11.2 Å². The summed E-state index contributed by atoms with van der Waals surface area (Å²) in [5.41, 5.74) is 2.76. The molecular formula is C17H18FNO. The Morgan fingerprint density at radius 3 is 2.70 bits per heavy atom. The summed E-state index contributed by atoms with van der Waals surface area (Å²) in [6, 6.07) is 15.3. The van der Waals surface area contributed by atoms with Crippen molar-refractivity contribution in [3.05, 3.63) is 59.9 Å². The van der Waals surface area contributed by atoms with Crippen LogP contribution in [0.25, 0.3) is 0 Å². The SMILES string of the molecule is CC1Cc2c(F)cccc2N(c2ccccc2)CCO1. The first-order valence-electron chi connectivity index (χ1n) is 6.97. The van der Waals surface area contributed by atoms with Crippen molar-refractivity contribution >= 4 is 11.4 Å². The molecule has 0 saturated heterocycles. The van der Waals surface area contributed by atoms with E-state index in [9.17, 15) is 4.39 Å². The Bertz CT molecular complexity index is 585. The molecule has 2 aromatic rings. The normalized spacial score (nSPS) is 19.1. The van der Waals surface area contributed by atoms with Crippen LogP contribution < -0.4 is 4.90 Å². The molecule has 0 radical (unpaired) electrons. The molecule has 3 heteroatoms. The van der Waals surface area contributed by atoms with E-state index in [4.69, 9.17) is 4.74 Å². The van der Waals surface area contributed by atoms with Crippen LogP contribution in [-0.4, -0.2) is 19.3 Å². The number of hydrogen-bond donors (Lipinski definition) is 0. The molecule has 0 amide bonds. The molecule has 1 atom stereocenters. The van der Waals surface area contributed by atoms with Gasteiger partial charge in [-0.3, -0.25) is 0 Å². The summed E-state index contributed by atoms with van der Waals surface area (Å²) in [7, 11) is 0. The molecule has 1 unspecified atom stereocenters. The van der Waals surface area contributed by atoms with Crippen molar-refractivity contribution in [2.45, 2.75) is 19.4 Å². The van der Waals surface area contributed by atoms with E-state index >= 15 is 0 Å². The molecule has 0 N–H and O–H groups in total. The highest BCUT2D eigenvalue weighted by molar-refractivity contribution is 5.67. The summed E-state index contributed by atoms with van der Waals surface area (Å²) in [5, 5.41) is 0. The Balaban J connectivity index is 2.09. The maximum Gasteiger partial charge on any atom is 0.128 e. The second kappa shape index (κ2) is 5.63. The first-order valence-corrected chi connectivity index (χ1v) is 6.97. The Labute approximate surface area is 118 Å². The van der Waals surface area contributed by atoms with Gasteiger partial charge in [-0.1, -0.05) is 24.3 Å². The van der Waals surface area contributed by atoms with E-state index in [1.165, 1.54) is 6.07 Å². The molecule has 1 heterocycles. The van der Waals surface area contributed by atoms with Gasteiger partial charge in [0, 0.05) is 29.9 Å². The van der Waals surface area contributed by atoms with Crippen LogP contribution >= 0.6 is 0 Å². The number of fused-ring (bicyclic) bond motifs is 1. The van der Waals surface area contributed by atoms with Crippen LogP contribution in [0.15, 0.2) is 48.5 Å². The zero-order chi connectivity index (χ0) is 13.9. The van der Waals surface area contributed by atoms with E-state index in [-0.39, 0.29) is 11.9 Å². The first-order chi connectivity index (χ1) is 9.75. The topological polar surface area (TPSA) is 12.5 Å². The predicted octanol–water partition coefficient (Wildman–Crippen LogP) is 3.93. The number of benzene rings is 2. The molecule has 0 aromatic heterocycles. The van der Waals surface area contributed by atoms with Crippen LogP contribution in [0.2, 0.25) is 0 Å². The van der Waals surface area contributed by atoms with E-state index in [1.807, 2.05) is 43.3 Å². The molecule has 0 spiro atoms. The lowest BCUT2D eigenvalue weighted by Gasteiger charge is -2.31. The van der Waals surface area contributed by atoms with Crippen LogP contribution in [0, 0.1) is 5.82 Å². The van der Waals surface area contributed by atoms with E-state index < -0.39 is 0 Å². The lowest BCUT2D eigenvalue weighted by Crippen LogP contribution is -2.29. The largest absolute Gasteiger partial charge is 0.376 e. The Morgan fingerprint density at radius 1 is 1.10 bits per heavy atom. The van der Waals surface area contributed by atoms with E-state index in [0.717, 1.165) is 23.5 Å². The fourth-order valence-corrected chi connectivity index (χ4v) is 2.69. The Kier molecular flexibility index (Phi) is 3.70. The molecular weight excluding hydrogens is 253 g/mol. The van der Waals surface area contributed by atoms with Gasteiger partial charge in [-0.15, -0.1) is 0 Å². The summed E-state index contributed by atoms with van der Waals surface area (Å²) in [6.45, 7) is 3.37. The highest BCUT2D eigenvalue weighted by Crippen LogP contribution is 2.32. The minimum atomic E-state index is -0.152. The van der Waals surface area contributed by atoms with Crippen LogP contribution in [0.1, 0.15) is 12.5 Å². The van der Waals surface area contributed by atoms with Crippen LogP contribution in [0.3, 0.4) is 0 Å². The van der Waals surface area contributed by atoms with Gasteiger partial charge in [-0.05, 0) is 31.2 Å². The molecule has 1 aliphatic rings. The van der Waals surface area contributed by atoms with E-state index in [2.05, 4.69) is 4.90 Å². The van der Waals surface area contributed by atoms with Gasteiger partial charge < -0.3 is 9.64 Å². The number of halogens is 1. The summed E-state index contributed by atoms with van der Waals surface area (Å²) in [5.74, 6) is -0.152. The number of ether oxygens (including phenoxy) is 1.